The summed E-state index contributed by atoms with van der Waals surface area (Å²) in [7, 11) is 1.63. The van der Waals surface area contributed by atoms with E-state index in [4.69, 9.17) is 21.1 Å². The van der Waals surface area contributed by atoms with Crippen LogP contribution in [0.5, 0.6) is 0 Å². The van der Waals surface area contributed by atoms with E-state index in [1.54, 1.807) is 7.05 Å². The average Bonchev–Trinajstić information content (AvgIpc) is 2.42. The number of carbonyl (C=O) groups excluding carboxylic acids is 1. The molecule has 2 atom stereocenters. The molecule has 0 heterocycles. The number of thiol groups is 1. The van der Waals surface area contributed by atoms with Gasteiger partial charge in [-0.1, -0.05) is 49.9 Å². The van der Waals surface area contributed by atoms with E-state index in [2.05, 4.69) is 26.1 Å². The second kappa shape index (κ2) is 9.07. The topological polar surface area (TPSA) is 59.0 Å². The lowest BCUT2D eigenvalue weighted by atomic mass is 9.92. The second-order valence-electron chi connectivity index (χ2n) is 7.73. The van der Waals surface area contributed by atoms with Crippen molar-refractivity contribution in [1.29, 1.82) is 0 Å². The van der Waals surface area contributed by atoms with Crippen LogP contribution in [0, 0.1) is 6.92 Å². The summed E-state index contributed by atoms with van der Waals surface area (Å²) in [6.07, 6.45) is -1.06. The third-order valence-electron chi connectivity index (χ3n) is 3.62. The maximum atomic E-state index is 12.3. The lowest BCUT2D eigenvalue weighted by Gasteiger charge is -2.30. The Morgan fingerprint density at radius 2 is 1.92 bits per heavy atom. The van der Waals surface area contributed by atoms with Crippen LogP contribution < -0.4 is 0 Å². The molecule has 5 nitrogen and oxygen atoms in total. The van der Waals surface area contributed by atoms with Crippen LogP contribution in [-0.4, -0.2) is 35.1 Å². The van der Waals surface area contributed by atoms with Gasteiger partial charge < -0.3 is 19.1 Å². The molecule has 1 aromatic carbocycles. The highest BCUT2D eigenvalue weighted by Crippen LogP contribution is 2.52. The zero-order chi connectivity index (χ0) is 20.3. The third kappa shape index (κ3) is 7.97. The van der Waals surface area contributed by atoms with Gasteiger partial charge in [-0.05, 0) is 56.5 Å². The number of ether oxygens (including phenoxy) is 1. The summed E-state index contributed by atoms with van der Waals surface area (Å²) in [5, 5.41) is 0. The van der Waals surface area contributed by atoms with Crippen molar-refractivity contribution in [3.63, 3.8) is 0 Å². The molecule has 0 spiro atoms. The number of rotatable bonds is 6. The molecule has 1 N–H and O–H groups in total. The molecule has 1 amide bonds. The molecule has 0 aliphatic carbocycles. The monoisotopic (exact) mass is 419 g/mol. The molecule has 0 bridgehead atoms. The number of aryl methyl sites for hydroxylation is 1. The van der Waals surface area contributed by atoms with E-state index < -0.39 is 23.5 Å². The molecular weight excluding hydrogens is 389 g/mol. The van der Waals surface area contributed by atoms with Crippen molar-refractivity contribution in [1.82, 2.24) is 4.90 Å². The van der Waals surface area contributed by atoms with Crippen LogP contribution >= 0.6 is 17.9 Å². The first-order valence-electron chi connectivity index (χ1n) is 8.48. The lowest BCUT2D eigenvalue weighted by Crippen LogP contribution is -2.37. The number of benzene rings is 1. The van der Waals surface area contributed by atoms with Crippen LogP contribution in [0.3, 0.4) is 0 Å². The highest BCUT2D eigenvalue weighted by molar-refractivity contribution is 8.59. The van der Waals surface area contributed by atoms with Gasteiger partial charge in [0.05, 0.1) is 6.54 Å². The summed E-state index contributed by atoms with van der Waals surface area (Å²) in [4.78, 5) is 23.8. The number of likely N-dealkylation sites (N-methyl/N-ethyl adjacent to an activating group) is 1. The van der Waals surface area contributed by atoms with Crippen molar-refractivity contribution < 1.29 is 18.9 Å². The fraction of sp³-hybridized carbons (Fsp3) is 0.611. The van der Waals surface area contributed by atoms with Gasteiger partial charge in [-0.2, -0.15) is 0 Å². The Morgan fingerprint density at radius 1 is 1.35 bits per heavy atom. The van der Waals surface area contributed by atoms with Gasteiger partial charge in [-0.15, -0.1) is 0 Å². The Balaban J connectivity index is 3.20. The number of carbonyl (C=O) groups is 1. The largest absolute Gasteiger partial charge is 0.444 e. The van der Waals surface area contributed by atoms with Gasteiger partial charge in [0.15, 0.2) is 0 Å². The third-order valence-corrected chi connectivity index (χ3v) is 4.69. The Hall–Kier alpha value is -0.590. The number of hydrogen-bond donors (Lipinski definition) is 2. The molecule has 26 heavy (non-hydrogen) atoms. The summed E-state index contributed by atoms with van der Waals surface area (Å²) in [6, 6.07) is 6.07. The van der Waals surface area contributed by atoms with Gasteiger partial charge >= 0.3 is 6.09 Å². The summed E-state index contributed by atoms with van der Waals surface area (Å²) < 4.78 is 11.1. The fourth-order valence-electron chi connectivity index (χ4n) is 2.52. The van der Waals surface area contributed by atoms with Crippen molar-refractivity contribution in [2.45, 2.75) is 59.2 Å². The van der Waals surface area contributed by atoms with Crippen LogP contribution in [0.4, 0.5) is 4.79 Å². The van der Waals surface area contributed by atoms with Crippen LogP contribution in [0.2, 0.25) is 0 Å². The van der Waals surface area contributed by atoms with Gasteiger partial charge in [0.1, 0.15) is 11.7 Å². The van der Waals surface area contributed by atoms with E-state index in [1.165, 1.54) is 4.90 Å². The van der Waals surface area contributed by atoms with Gasteiger partial charge in [0, 0.05) is 7.05 Å². The molecule has 2 unspecified atom stereocenters. The lowest BCUT2D eigenvalue weighted by molar-refractivity contribution is 0.0228. The minimum Gasteiger partial charge on any atom is -0.444 e. The summed E-state index contributed by atoms with van der Waals surface area (Å²) >= 11 is 9.01. The minimum atomic E-state index is -3.23. The Morgan fingerprint density at radius 3 is 2.38 bits per heavy atom. The zero-order valence-corrected chi connectivity index (χ0v) is 19.1. The van der Waals surface area contributed by atoms with Crippen molar-refractivity contribution in [3.8, 4) is 0 Å². The molecule has 0 aliphatic heterocycles. The second-order valence-corrected chi connectivity index (χ2v) is 12.8. The summed E-state index contributed by atoms with van der Waals surface area (Å²) in [5.74, 6) is 0.250. The molecule has 0 aliphatic rings. The van der Waals surface area contributed by atoms with Crippen molar-refractivity contribution in [2.75, 3.05) is 13.6 Å². The van der Waals surface area contributed by atoms with Crippen molar-refractivity contribution >= 4 is 35.8 Å². The van der Waals surface area contributed by atoms with Gasteiger partial charge in [0.2, 0.25) is 5.69 Å². The van der Waals surface area contributed by atoms with Crippen LogP contribution in [0.1, 0.15) is 63.3 Å². The highest BCUT2D eigenvalue weighted by atomic mass is 32.9. The maximum Gasteiger partial charge on any atom is 0.410 e. The summed E-state index contributed by atoms with van der Waals surface area (Å²) in [5.41, 5.74) is -0.791. The van der Waals surface area contributed by atoms with E-state index in [0.717, 1.165) is 16.7 Å². The predicted molar refractivity (Wildman–Crippen MR) is 113 cm³/mol. The Kier molecular flexibility index (Phi) is 8.18. The van der Waals surface area contributed by atoms with Crippen molar-refractivity contribution in [3.05, 3.63) is 34.9 Å². The van der Waals surface area contributed by atoms with E-state index in [0.29, 0.717) is 0 Å². The Labute approximate surface area is 167 Å². The first kappa shape index (κ1) is 23.4. The molecule has 0 radical (unpaired) electrons. The Bertz CT molecular complexity index is 682. The molecule has 8 heteroatoms. The molecule has 0 saturated heterocycles. The quantitative estimate of drug-likeness (QED) is 0.491. The minimum absolute atomic E-state index is 0.192. The predicted octanol–water partition coefficient (Wildman–Crippen LogP) is 5.19. The molecule has 1 rings (SSSR count). The average molecular weight is 420 g/mol. The zero-order valence-electron chi connectivity index (χ0n) is 16.5. The van der Waals surface area contributed by atoms with E-state index in [1.807, 2.05) is 45.9 Å². The van der Waals surface area contributed by atoms with Crippen LogP contribution in [0.15, 0.2) is 18.2 Å². The smallest absolute Gasteiger partial charge is 0.410 e. The number of nitrogens with zero attached hydrogens (tertiary/aromatic N) is 1. The van der Waals surface area contributed by atoms with E-state index in [-0.39, 0.29) is 12.5 Å². The summed E-state index contributed by atoms with van der Waals surface area (Å²) in [6.45, 7) is 11.8. The molecule has 1 aromatic rings. The van der Waals surface area contributed by atoms with Gasteiger partial charge in [-0.3, -0.25) is 0 Å². The van der Waals surface area contributed by atoms with E-state index in [9.17, 15) is 9.69 Å². The first-order chi connectivity index (χ1) is 11.7. The molecule has 148 valence electrons. The standard InChI is InChI=1S/C18H30NO4PS2/c1-12(2)14-9-8-13(3)10-15(14)16(23-24(21,25)26)11-19(7)17(20)22-18(4,5)6/h8-10,12,16H,11H2,1-7H3,(H2,21,25,26). The normalized spacial score (nSPS) is 15.5. The van der Waals surface area contributed by atoms with Crippen LogP contribution in [-0.2, 0) is 21.1 Å². The maximum absolute atomic E-state index is 12.3. The first-order valence-corrected chi connectivity index (χ1v) is 12.3. The number of amides is 1. The fourth-order valence-corrected chi connectivity index (χ4v) is 3.68. The molecule has 0 fully saturated rings. The molecular formula is C18H30NO4PS2. The highest BCUT2D eigenvalue weighted by Gasteiger charge is 2.27. The molecule has 0 saturated carbocycles. The van der Waals surface area contributed by atoms with E-state index >= 15 is 0 Å². The number of hydrogen-bond acceptors (Lipinski definition) is 4. The van der Waals surface area contributed by atoms with Gasteiger partial charge in [-0.25, -0.2) is 4.79 Å². The van der Waals surface area contributed by atoms with Crippen molar-refractivity contribution in [2.24, 2.45) is 0 Å². The SMILES string of the molecule is Cc1ccc(C(C)C)c(C(CN(C)C(=O)OC(C)(C)C)OP(O)(=S)S)c1. The molecule has 0 aromatic heterocycles. The van der Waals surface area contributed by atoms with Gasteiger partial charge in [0.25, 0.3) is 0 Å². The van der Waals surface area contributed by atoms with Crippen LogP contribution in [0.25, 0.3) is 0 Å².